The van der Waals surface area contributed by atoms with E-state index >= 15 is 0 Å². The number of aromatic nitrogens is 2. The lowest BCUT2D eigenvalue weighted by atomic mass is 9.84. The molecule has 0 aliphatic carbocycles. The Morgan fingerprint density at radius 2 is 1.96 bits per heavy atom. The van der Waals surface area contributed by atoms with Gasteiger partial charge in [-0.1, -0.05) is 35.9 Å². The molecule has 1 aromatic heterocycles. The van der Waals surface area contributed by atoms with E-state index in [-0.39, 0.29) is 23.9 Å². The maximum Gasteiger partial charge on any atom is 0.269 e. The molecule has 26 heavy (non-hydrogen) atoms. The normalized spacial score (nSPS) is 16.0. The van der Waals surface area contributed by atoms with Gasteiger partial charge in [0.25, 0.3) is 5.69 Å². The summed E-state index contributed by atoms with van der Waals surface area (Å²) >= 11 is 5.96. The second kappa shape index (κ2) is 6.27. The van der Waals surface area contributed by atoms with Gasteiger partial charge in [0.1, 0.15) is 0 Å². The van der Waals surface area contributed by atoms with E-state index < -0.39 is 4.92 Å². The highest BCUT2D eigenvalue weighted by atomic mass is 35.5. The van der Waals surface area contributed by atoms with Crippen molar-refractivity contribution in [1.82, 2.24) is 10.2 Å². The highest BCUT2D eigenvalue weighted by Crippen LogP contribution is 2.42. The molecule has 4 rings (SSSR count). The van der Waals surface area contributed by atoms with Gasteiger partial charge in [-0.25, -0.2) is 0 Å². The van der Waals surface area contributed by atoms with Gasteiger partial charge in [-0.15, -0.1) is 0 Å². The lowest BCUT2D eigenvalue weighted by Gasteiger charge is -2.23. The number of nitro benzene ring substituents is 1. The third kappa shape index (κ3) is 2.82. The molecule has 1 atom stereocenters. The maximum absolute atomic E-state index is 12.1. The summed E-state index contributed by atoms with van der Waals surface area (Å²) in [5.41, 5.74) is 3.13. The zero-order valence-electron chi connectivity index (χ0n) is 13.4. The molecular weight excluding hydrogens is 356 g/mol. The first kappa shape index (κ1) is 16.3. The van der Waals surface area contributed by atoms with E-state index in [1.54, 1.807) is 24.3 Å². The Morgan fingerprint density at radius 3 is 2.69 bits per heavy atom. The topological polar surface area (TPSA) is 101 Å². The highest BCUT2D eigenvalue weighted by molar-refractivity contribution is 6.30. The molecule has 0 fully saturated rings. The number of aromatic amines is 1. The molecule has 0 bridgehead atoms. The van der Waals surface area contributed by atoms with Crippen molar-refractivity contribution in [3.8, 4) is 11.3 Å². The van der Waals surface area contributed by atoms with Crippen molar-refractivity contribution in [1.29, 1.82) is 0 Å². The number of anilines is 1. The minimum atomic E-state index is -0.442. The van der Waals surface area contributed by atoms with E-state index in [0.29, 0.717) is 16.4 Å². The third-order valence-corrected chi connectivity index (χ3v) is 4.67. The van der Waals surface area contributed by atoms with Crippen LogP contribution in [0.5, 0.6) is 0 Å². The zero-order chi connectivity index (χ0) is 18.3. The van der Waals surface area contributed by atoms with Crippen LogP contribution in [0, 0.1) is 10.1 Å². The molecule has 1 aliphatic rings. The molecule has 2 heterocycles. The number of halogens is 1. The summed E-state index contributed by atoms with van der Waals surface area (Å²) < 4.78 is 0. The summed E-state index contributed by atoms with van der Waals surface area (Å²) in [4.78, 5) is 22.8. The average Bonchev–Trinajstić information content (AvgIpc) is 3.05. The van der Waals surface area contributed by atoms with Gasteiger partial charge in [0.2, 0.25) is 5.91 Å². The van der Waals surface area contributed by atoms with E-state index in [1.165, 1.54) is 12.1 Å². The van der Waals surface area contributed by atoms with Crippen LogP contribution in [0.3, 0.4) is 0 Å². The quantitative estimate of drug-likeness (QED) is 0.536. The number of hydrogen-bond acceptors (Lipinski definition) is 4. The van der Waals surface area contributed by atoms with Crippen LogP contribution >= 0.6 is 11.6 Å². The number of nitro groups is 1. The minimum absolute atomic E-state index is 0.00781. The Hall–Kier alpha value is -3.19. The summed E-state index contributed by atoms with van der Waals surface area (Å²) in [6, 6.07) is 13.6. The largest absolute Gasteiger partial charge is 0.309 e. The number of carbonyl (C=O) groups excluding carboxylic acids is 1. The molecule has 3 aromatic rings. The molecule has 2 N–H and O–H groups in total. The van der Waals surface area contributed by atoms with E-state index in [1.807, 2.05) is 12.1 Å². The predicted octanol–water partition coefficient (Wildman–Crippen LogP) is 4.11. The van der Waals surface area contributed by atoms with Crippen molar-refractivity contribution in [3.05, 3.63) is 74.8 Å². The number of hydrogen-bond donors (Lipinski definition) is 2. The minimum Gasteiger partial charge on any atom is -0.309 e. The van der Waals surface area contributed by atoms with Crippen LogP contribution in [0.25, 0.3) is 11.3 Å². The van der Waals surface area contributed by atoms with Gasteiger partial charge >= 0.3 is 0 Å². The zero-order valence-corrected chi connectivity index (χ0v) is 14.2. The molecule has 0 saturated carbocycles. The second-order valence-electron chi connectivity index (χ2n) is 6.02. The Labute approximate surface area is 153 Å². The molecule has 0 radical (unpaired) electrons. The monoisotopic (exact) mass is 368 g/mol. The first-order valence-corrected chi connectivity index (χ1v) is 8.29. The van der Waals surface area contributed by atoms with Crippen LogP contribution in [0.1, 0.15) is 23.5 Å². The van der Waals surface area contributed by atoms with Crippen LogP contribution in [0.15, 0.2) is 48.5 Å². The Morgan fingerprint density at radius 1 is 1.19 bits per heavy atom. The number of carbonyl (C=O) groups is 1. The SMILES string of the molecule is O=C1C[C@@H](c2cccc([N+](=O)[O-])c2)c2c(n[nH]c2-c2ccc(Cl)cc2)N1. The predicted molar refractivity (Wildman–Crippen MR) is 97.2 cm³/mol. The number of H-pyrrole nitrogens is 1. The molecule has 2 aromatic carbocycles. The number of rotatable bonds is 3. The van der Waals surface area contributed by atoms with Gasteiger partial charge < -0.3 is 5.32 Å². The van der Waals surface area contributed by atoms with Crippen LogP contribution < -0.4 is 5.32 Å². The van der Waals surface area contributed by atoms with E-state index in [0.717, 1.165) is 16.8 Å². The van der Waals surface area contributed by atoms with E-state index in [9.17, 15) is 14.9 Å². The van der Waals surface area contributed by atoms with Gasteiger partial charge in [-0.05, 0) is 17.7 Å². The Bertz CT molecular complexity index is 1010. The number of fused-ring (bicyclic) bond motifs is 1. The summed E-state index contributed by atoms with van der Waals surface area (Å²) in [5.74, 6) is -0.0612. The standard InChI is InChI=1S/C18H13ClN4O3/c19-12-6-4-10(5-7-12)17-16-14(9-15(24)20-18(16)22-21-17)11-2-1-3-13(8-11)23(25)26/h1-8,14H,9H2,(H2,20,21,22,24)/t14-/m0/s1. The fourth-order valence-electron chi connectivity index (χ4n) is 3.23. The lowest BCUT2D eigenvalue weighted by molar-refractivity contribution is -0.384. The van der Waals surface area contributed by atoms with E-state index in [2.05, 4.69) is 15.5 Å². The van der Waals surface area contributed by atoms with Crippen LogP contribution in [-0.2, 0) is 4.79 Å². The fraction of sp³-hybridized carbons (Fsp3) is 0.111. The van der Waals surface area contributed by atoms with Crippen molar-refractivity contribution in [2.75, 3.05) is 5.32 Å². The van der Waals surface area contributed by atoms with E-state index in [4.69, 9.17) is 11.6 Å². The van der Waals surface area contributed by atoms with Gasteiger partial charge in [0, 0.05) is 40.6 Å². The number of benzene rings is 2. The first-order chi connectivity index (χ1) is 12.5. The van der Waals surface area contributed by atoms with Crippen molar-refractivity contribution in [3.63, 3.8) is 0 Å². The summed E-state index contributed by atoms with van der Waals surface area (Å²) in [6.07, 6.45) is 0.189. The second-order valence-corrected chi connectivity index (χ2v) is 6.46. The summed E-state index contributed by atoms with van der Waals surface area (Å²) in [7, 11) is 0. The number of nitrogens with one attached hydrogen (secondary N) is 2. The van der Waals surface area contributed by atoms with Gasteiger partial charge in [-0.2, -0.15) is 5.10 Å². The maximum atomic E-state index is 12.1. The molecule has 8 heteroatoms. The average molecular weight is 369 g/mol. The van der Waals surface area contributed by atoms with Crippen molar-refractivity contribution < 1.29 is 9.72 Å². The van der Waals surface area contributed by atoms with Crippen molar-refractivity contribution >= 4 is 29.0 Å². The smallest absolute Gasteiger partial charge is 0.269 e. The molecule has 130 valence electrons. The molecule has 7 nitrogen and oxygen atoms in total. The van der Waals surface area contributed by atoms with Crippen molar-refractivity contribution in [2.24, 2.45) is 0 Å². The number of non-ortho nitro benzene ring substituents is 1. The summed E-state index contributed by atoms with van der Waals surface area (Å²) in [5, 5.41) is 21.7. The molecular formula is C18H13ClN4O3. The number of nitrogens with zero attached hydrogens (tertiary/aromatic N) is 2. The first-order valence-electron chi connectivity index (χ1n) is 7.91. The fourth-order valence-corrected chi connectivity index (χ4v) is 3.36. The van der Waals surface area contributed by atoms with Gasteiger partial charge in [0.05, 0.1) is 10.6 Å². The lowest BCUT2D eigenvalue weighted by Crippen LogP contribution is -2.23. The molecule has 0 saturated heterocycles. The van der Waals surface area contributed by atoms with Gasteiger partial charge in [0.15, 0.2) is 5.82 Å². The van der Waals surface area contributed by atoms with Gasteiger partial charge in [-0.3, -0.25) is 20.0 Å². The number of amides is 1. The van der Waals surface area contributed by atoms with Crippen LogP contribution in [0.4, 0.5) is 11.5 Å². The Balaban J connectivity index is 1.85. The molecule has 1 amide bonds. The van der Waals surface area contributed by atoms with Crippen LogP contribution in [-0.4, -0.2) is 21.0 Å². The third-order valence-electron chi connectivity index (χ3n) is 4.42. The van der Waals surface area contributed by atoms with Crippen molar-refractivity contribution in [2.45, 2.75) is 12.3 Å². The molecule has 0 unspecified atom stereocenters. The highest BCUT2D eigenvalue weighted by Gasteiger charge is 2.32. The molecule has 0 spiro atoms. The Kier molecular flexibility index (Phi) is 3.93. The molecule has 1 aliphatic heterocycles. The van der Waals surface area contributed by atoms with Crippen LogP contribution in [0.2, 0.25) is 5.02 Å². The summed E-state index contributed by atoms with van der Waals surface area (Å²) in [6.45, 7) is 0.